The first-order valence-corrected chi connectivity index (χ1v) is 6.11. The summed E-state index contributed by atoms with van der Waals surface area (Å²) in [5.41, 5.74) is 3.67. The van der Waals surface area contributed by atoms with E-state index in [-0.39, 0.29) is 5.41 Å². The van der Waals surface area contributed by atoms with Crippen LogP contribution in [0.15, 0.2) is 18.2 Å². The molecule has 0 spiro atoms. The normalized spacial score (nSPS) is 27.1. The van der Waals surface area contributed by atoms with E-state index in [2.05, 4.69) is 25.1 Å². The number of rotatable bonds is 1. The Morgan fingerprint density at radius 2 is 2.25 bits per heavy atom. The summed E-state index contributed by atoms with van der Waals surface area (Å²) in [5, 5.41) is 0. The molecule has 1 aliphatic heterocycles. The van der Waals surface area contributed by atoms with Crippen molar-refractivity contribution < 1.29 is 4.79 Å². The molecule has 0 aromatic heterocycles. The second kappa shape index (κ2) is 3.09. The molecule has 0 bridgehead atoms. The van der Waals surface area contributed by atoms with E-state index in [1.807, 2.05) is 11.9 Å². The van der Waals surface area contributed by atoms with E-state index >= 15 is 0 Å². The van der Waals surface area contributed by atoms with Crippen LogP contribution >= 0.6 is 0 Å². The molecular formula is C14H17NO. The zero-order valence-corrected chi connectivity index (χ0v) is 9.92. The number of amides is 1. The molecule has 16 heavy (non-hydrogen) atoms. The zero-order valence-electron chi connectivity index (χ0n) is 9.92. The van der Waals surface area contributed by atoms with E-state index in [4.69, 9.17) is 0 Å². The Morgan fingerprint density at radius 1 is 1.44 bits per heavy atom. The van der Waals surface area contributed by atoms with Gasteiger partial charge in [0.1, 0.15) is 0 Å². The second-order valence-electron chi connectivity index (χ2n) is 4.96. The smallest absolute Gasteiger partial charge is 0.237 e. The van der Waals surface area contributed by atoms with Crippen LogP contribution in [0.3, 0.4) is 0 Å². The largest absolute Gasteiger partial charge is 0.314 e. The third-order valence-electron chi connectivity index (χ3n) is 4.34. The lowest BCUT2D eigenvalue weighted by Crippen LogP contribution is -2.39. The van der Waals surface area contributed by atoms with Crippen molar-refractivity contribution in [2.45, 2.75) is 38.0 Å². The zero-order chi connectivity index (χ0) is 11.3. The summed E-state index contributed by atoms with van der Waals surface area (Å²) >= 11 is 0. The SMILES string of the molecule is CCC12CCCc3cccc(c31)N(C)C2=O. The number of nitrogens with zero attached hydrogens (tertiary/aromatic N) is 1. The minimum Gasteiger partial charge on any atom is -0.314 e. The third-order valence-corrected chi connectivity index (χ3v) is 4.34. The van der Waals surface area contributed by atoms with Crippen LogP contribution in [0.1, 0.15) is 37.3 Å². The monoisotopic (exact) mass is 215 g/mol. The van der Waals surface area contributed by atoms with E-state index < -0.39 is 0 Å². The Bertz CT molecular complexity index is 466. The maximum Gasteiger partial charge on any atom is 0.237 e. The number of likely N-dealkylation sites (N-methyl/N-ethyl adjacent to an activating group) is 1. The molecule has 1 amide bonds. The van der Waals surface area contributed by atoms with E-state index in [9.17, 15) is 4.79 Å². The molecule has 1 aliphatic carbocycles. The van der Waals surface area contributed by atoms with Gasteiger partial charge in [-0.2, -0.15) is 0 Å². The van der Waals surface area contributed by atoms with Gasteiger partial charge in [-0.05, 0) is 42.9 Å². The lowest BCUT2D eigenvalue weighted by molar-refractivity contribution is -0.123. The minimum atomic E-state index is -0.196. The fourth-order valence-corrected chi connectivity index (χ4v) is 3.48. The number of carbonyl (C=O) groups excluding carboxylic acids is 1. The Kier molecular flexibility index (Phi) is 1.91. The van der Waals surface area contributed by atoms with Gasteiger partial charge in [-0.1, -0.05) is 19.1 Å². The number of aryl methyl sites for hydroxylation is 1. The highest BCUT2D eigenvalue weighted by atomic mass is 16.2. The summed E-state index contributed by atoms with van der Waals surface area (Å²) in [5.74, 6) is 0.303. The second-order valence-corrected chi connectivity index (χ2v) is 4.96. The van der Waals surface area contributed by atoms with Gasteiger partial charge in [0.15, 0.2) is 0 Å². The van der Waals surface area contributed by atoms with Gasteiger partial charge in [-0.15, -0.1) is 0 Å². The van der Waals surface area contributed by atoms with Gasteiger partial charge >= 0.3 is 0 Å². The first-order valence-electron chi connectivity index (χ1n) is 6.11. The number of anilines is 1. The summed E-state index contributed by atoms with van der Waals surface area (Å²) in [6.07, 6.45) is 4.23. The lowest BCUT2D eigenvalue weighted by atomic mass is 9.69. The van der Waals surface area contributed by atoms with Crippen LogP contribution in [0.5, 0.6) is 0 Å². The Hall–Kier alpha value is -1.31. The predicted octanol–water partition coefficient (Wildman–Crippen LogP) is 2.65. The average Bonchev–Trinajstić information content (AvgIpc) is 2.55. The maximum atomic E-state index is 12.5. The van der Waals surface area contributed by atoms with Gasteiger partial charge in [-0.25, -0.2) is 0 Å². The topological polar surface area (TPSA) is 20.3 Å². The number of hydrogen-bond acceptors (Lipinski definition) is 1. The van der Waals surface area contributed by atoms with Crippen LogP contribution in [0.2, 0.25) is 0 Å². The van der Waals surface area contributed by atoms with Crippen LogP contribution in [0.25, 0.3) is 0 Å². The summed E-state index contributed by atoms with van der Waals surface area (Å²) < 4.78 is 0. The van der Waals surface area contributed by atoms with E-state index in [0.717, 1.165) is 31.4 Å². The van der Waals surface area contributed by atoms with Gasteiger partial charge in [0.25, 0.3) is 0 Å². The van der Waals surface area contributed by atoms with Gasteiger partial charge in [0.05, 0.1) is 5.41 Å². The molecule has 0 N–H and O–H groups in total. The Morgan fingerprint density at radius 3 is 3.00 bits per heavy atom. The van der Waals surface area contributed by atoms with Crippen molar-refractivity contribution >= 4 is 11.6 Å². The van der Waals surface area contributed by atoms with Crippen LogP contribution in [0, 0.1) is 0 Å². The minimum absolute atomic E-state index is 0.196. The molecular weight excluding hydrogens is 198 g/mol. The van der Waals surface area contributed by atoms with Crippen LogP contribution in [-0.2, 0) is 16.6 Å². The predicted molar refractivity (Wildman–Crippen MR) is 64.8 cm³/mol. The molecule has 0 saturated heterocycles. The molecule has 1 unspecified atom stereocenters. The van der Waals surface area contributed by atoms with Gasteiger partial charge in [0.2, 0.25) is 5.91 Å². The number of benzene rings is 1. The standard InChI is InChI=1S/C14H17NO/c1-3-14-9-5-7-10-6-4-8-11(12(10)14)15(2)13(14)16/h4,6,8H,3,5,7,9H2,1-2H3. The molecule has 1 heterocycles. The van der Waals surface area contributed by atoms with Gasteiger partial charge in [0, 0.05) is 12.7 Å². The summed E-state index contributed by atoms with van der Waals surface area (Å²) in [4.78, 5) is 14.3. The fraction of sp³-hybridized carbons (Fsp3) is 0.500. The first kappa shape index (κ1) is 9.88. The fourth-order valence-electron chi connectivity index (χ4n) is 3.48. The van der Waals surface area contributed by atoms with Crippen molar-refractivity contribution in [1.82, 2.24) is 0 Å². The highest BCUT2D eigenvalue weighted by molar-refractivity contribution is 6.08. The van der Waals surface area contributed by atoms with Crippen LogP contribution in [-0.4, -0.2) is 13.0 Å². The molecule has 0 fully saturated rings. The van der Waals surface area contributed by atoms with Crippen molar-refractivity contribution in [3.8, 4) is 0 Å². The summed E-state index contributed by atoms with van der Waals surface area (Å²) in [7, 11) is 1.91. The molecule has 0 saturated carbocycles. The highest BCUT2D eigenvalue weighted by Crippen LogP contribution is 2.50. The first-order chi connectivity index (χ1) is 7.70. The molecule has 1 atom stereocenters. The van der Waals surface area contributed by atoms with Gasteiger partial charge < -0.3 is 4.90 Å². The molecule has 2 heteroatoms. The molecule has 2 aliphatic rings. The Labute approximate surface area is 96.3 Å². The number of hydrogen-bond donors (Lipinski definition) is 0. The maximum absolute atomic E-state index is 12.5. The average molecular weight is 215 g/mol. The van der Waals surface area contributed by atoms with Crippen molar-refractivity contribution in [3.05, 3.63) is 29.3 Å². The lowest BCUT2D eigenvalue weighted by Gasteiger charge is -2.32. The van der Waals surface area contributed by atoms with E-state index in [1.54, 1.807) is 0 Å². The van der Waals surface area contributed by atoms with Crippen molar-refractivity contribution in [2.75, 3.05) is 11.9 Å². The van der Waals surface area contributed by atoms with Crippen LogP contribution in [0.4, 0.5) is 5.69 Å². The summed E-state index contributed by atoms with van der Waals surface area (Å²) in [6, 6.07) is 6.35. The van der Waals surface area contributed by atoms with Gasteiger partial charge in [-0.3, -0.25) is 4.79 Å². The Balaban J connectivity index is 2.32. The molecule has 84 valence electrons. The quantitative estimate of drug-likeness (QED) is 0.705. The number of carbonyl (C=O) groups is 1. The van der Waals surface area contributed by atoms with Crippen molar-refractivity contribution in [2.24, 2.45) is 0 Å². The molecule has 3 rings (SSSR count). The van der Waals surface area contributed by atoms with Crippen molar-refractivity contribution in [1.29, 1.82) is 0 Å². The van der Waals surface area contributed by atoms with E-state index in [0.29, 0.717) is 5.91 Å². The molecule has 0 radical (unpaired) electrons. The summed E-state index contributed by atoms with van der Waals surface area (Å²) in [6.45, 7) is 2.14. The third kappa shape index (κ3) is 0.952. The highest BCUT2D eigenvalue weighted by Gasteiger charge is 2.50. The van der Waals surface area contributed by atoms with Crippen molar-refractivity contribution in [3.63, 3.8) is 0 Å². The van der Waals surface area contributed by atoms with E-state index in [1.165, 1.54) is 11.1 Å². The molecule has 2 nitrogen and oxygen atoms in total. The molecule has 1 aromatic carbocycles. The van der Waals surface area contributed by atoms with Crippen LogP contribution < -0.4 is 4.90 Å². The molecule has 1 aromatic rings.